The Morgan fingerprint density at radius 1 is 0.815 bits per heavy atom. The van der Waals surface area contributed by atoms with E-state index in [1.54, 1.807) is 18.2 Å². The molecule has 0 atom stereocenters. The molecule has 138 valence electrons. The summed E-state index contributed by atoms with van der Waals surface area (Å²) < 4.78 is 0. The Labute approximate surface area is 161 Å². The van der Waals surface area contributed by atoms with Crippen LogP contribution in [0.25, 0.3) is 0 Å². The first kappa shape index (κ1) is 18.9. The molecule has 5 heteroatoms. The lowest BCUT2D eigenvalue weighted by atomic mass is 10.1. The summed E-state index contributed by atoms with van der Waals surface area (Å²) in [4.78, 5) is 5.00. The molecular weight excluding hydrogens is 334 g/mol. The number of benzene rings is 2. The zero-order chi connectivity index (χ0) is 18.9. The van der Waals surface area contributed by atoms with Crippen LogP contribution < -0.4 is 5.32 Å². The summed E-state index contributed by atoms with van der Waals surface area (Å²) >= 11 is 0. The third-order valence-electron chi connectivity index (χ3n) is 4.97. The van der Waals surface area contributed by atoms with Gasteiger partial charge >= 0.3 is 0 Å². The Hall–Kier alpha value is -2.86. The maximum absolute atomic E-state index is 9.22. The first-order valence-electron chi connectivity index (χ1n) is 9.46. The molecule has 0 aromatic heterocycles. The van der Waals surface area contributed by atoms with Crippen molar-refractivity contribution in [3.8, 4) is 12.1 Å². The van der Waals surface area contributed by atoms with Crippen LogP contribution in [0.2, 0.25) is 0 Å². The fraction of sp³-hybridized carbons (Fsp3) is 0.364. The van der Waals surface area contributed by atoms with Gasteiger partial charge in [0.1, 0.15) is 12.1 Å². The van der Waals surface area contributed by atoms with Gasteiger partial charge in [-0.2, -0.15) is 10.5 Å². The van der Waals surface area contributed by atoms with Gasteiger partial charge in [-0.3, -0.25) is 4.90 Å². The van der Waals surface area contributed by atoms with Gasteiger partial charge in [0, 0.05) is 39.3 Å². The van der Waals surface area contributed by atoms with Crippen molar-refractivity contribution in [2.24, 2.45) is 0 Å². The van der Waals surface area contributed by atoms with E-state index in [0.717, 1.165) is 52.2 Å². The lowest BCUT2D eigenvalue weighted by molar-refractivity contribution is 0.127. The zero-order valence-electron chi connectivity index (χ0n) is 15.6. The molecule has 0 bridgehead atoms. The number of para-hydroxylation sites is 1. The van der Waals surface area contributed by atoms with Gasteiger partial charge < -0.3 is 10.2 Å². The molecule has 0 radical (unpaired) electrons. The molecule has 1 aliphatic rings. The molecule has 5 nitrogen and oxygen atoms in total. The second-order valence-electron chi connectivity index (χ2n) is 6.84. The molecule has 0 unspecified atom stereocenters. The summed E-state index contributed by atoms with van der Waals surface area (Å²) in [6, 6.07) is 20.2. The number of piperazine rings is 1. The largest absolute Gasteiger partial charge is 0.383 e. The van der Waals surface area contributed by atoms with Crippen LogP contribution in [0.4, 0.5) is 5.69 Å². The molecule has 0 amide bonds. The number of nitrogens with zero attached hydrogens (tertiary/aromatic N) is 4. The highest BCUT2D eigenvalue weighted by atomic mass is 15.3. The number of nitriles is 2. The van der Waals surface area contributed by atoms with Crippen LogP contribution in [-0.2, 0) is 6.54 Å². The maximum atomic E-state index is 9.22. The van der Waals surface area contributed by atoms with Gasteiger partial charge in [0.05, 0.1) is 16.8 Å². The summed E-state index contributed by atoms with van der Waals surface area (Å²) in [6.07, 6.45) is 0.989. The summed E-state index contributed by atoms with van der Waals surface area (Å²) in [5.41, 5.74) is 3.10. The van der Waals surface area contributed by atoms with E-state index in [-0.39, 0.29) is 0 Å². The number of anilines is 1. The second-order valence-corrected chi connectivity index (χ2v) is 6.84. The fourth-order valence-corrected chi connectivity index (χ4v) is 3.46. The first-order valence-corrected chi connectivity index (χ1v) is 9.46. The minimum atomic E-state index is 0.531. The van der Waals surface area contributed by atoms with Crippen LogP contribution in [0.15, 0.2) is 48.5 Å². The van der Waals surface area contributed by atoms with E-state index in [1.165, 1.54) is 5.56 Å². The standard InChI is InChI=1S/C22H25N5/c23-16-20-8-4-9-21(17-24)22(20)25-10-5-11-26-12-14-27(15-13-26)18-19-6-2-1-3-7-19/h1-4,6-9,25H,5,10-15,18H2. The van der Waals surface area contributed by atoms with Gasteiger partial charge in [0.2, 0.25) is 0 Å². The Balaban J connectivity index is 1.39. The average molecular weight is 359 g/mol. The molecule has 1 saturated heterocycles. The Morgan fingerprint density at radius 3 is 2.07 bits per heavy atom. The molecule has 0 aliphatic carbocycles. The van der Waals surface area contributed by atoms with Crippen molar-refractivity contribution < 1.29 is 0 Å². The number of hydrogen-bond acceptors (Lipinski definition) is 5. The molecule has 0 spiro atoms. The van der Waals surface area contributed by atoms with Crippen LogP contribution in [0.1, 0.15) is 23.1 Å². The van der Waals surface area contributed by atoms with Crippen LogP contribution in [-0.4, -0.2) is 49.1 Å². The van der Waals surface area contributed by atoms with Gasteiger partial charge in [0.15, 0.2) is 0 Å². The van der Waals surface area contributed by atoms with E-state index in [1.807, 2.05) is 0 Å². The van der Waals surface area contributed by atoms with Crippen molar-refractivity contribution in [1.82, 2.24) is 9.80 Å². The normalized spacial score (nSPS) is 15.0. The van der Waals surface area contributed by atoms with Crippen LogP contribution >= 0.6 is 0 Å². The zero-order valence-corrected chi connectivity index (χ0v) is 15.6. The number of nitrogens with one attached hydrogen (secondary N) is 1. The predicted molar refractivity (Wildman–Crippen MR) is 107 cm³/mol. The average Bonchev–Trinajstić information content (AvgIpc) is 2.73. The highest BCUT2D eigenvalue weighted by Crippen LogP contribution is 2.19. The van der Waals surface area contributed by atoms with E-state index in [4.69, 9.17) is 0 Å². The van der Waals surface area contributed by atoms with E-state index in [9.17, 15) is 10.5 Å². The molecule has 0 saturated carbocycles. The third kappa shape index (κ3) is 5.31. The van der Waals surface area contributed by atoms with Crippen LogP contribution in [0.3, 0.4) is 0 Å². The molecule has 1 N–H and O–H groups in total. The summed E-state index contributed by atoms with van der Waals surface area (Å²) in [5.74, 6) is 0. The number of rotatable bonds is 7. The monoisotopic (exact) mass is 359 g/mol. The predicted octanol–water partition coefficient (Wildman–Crippen LogP) is 3.05. The quantitative estimate of drug-likeness (QED) is 0.770. The fourth-order valence-electron chi connectivity index (χ4n) is 3.46. The van der Waals surface area contributed by atoms with Crippen molar-refractivity contribution in [1.29, 1.82) is 10.5 Å². The van der Waals surface area contributed by atoms with Crippen molar-refractivity contribution in [2.75, 3.05) is 44.6 Å². The minimum absolute atomic E-state index is 0.531. The summed E-state index contributed by atoms with van der Waals surface area (Å²) in [7, 11) is 0. The first-order chi connectivity index (χ1) is 13.3. The Morgan fingerprint density at radius 2 is 1.44 bits per heavy atom. The molecule has 1 fully saturated rings. The summed E-state index contributed by atoms with van der Waals surface area (Å²) in [5, 5.41) is 21.7. The molecule has 3 rings (SSSR count). The van der Waals surface area contributed by atoms with Crippen molar-refractivity contribution >= 4 is 5.69 Å². The van der Waals surface area contributed by atoms with E-state index < -0.39 is 0 Å². The Kier molecular flexibility index (Phi) is 6.82. The number of hydrogen-bond donors (Lipinski definition) is 1. The van der Waals surface area contributed by atoms with Gasteiger partial charge in [-0.25, -0.2) is 0 Å². The van der Waals surface area contributed by atoms with E-state index in [2.05, 4.69) is 57.6 Å². The van der Waals surface area contributed by atoms with Crippen molar-refractivity contribution in [3.63, 3.8) is 0 Å². The molecule has 2 aromatic carbocycles. The highest BCUT2D eigenvalue weighted by molar-refractivity contribution is 5.66. The Bertz CT molecular complexity index is 779. The molecule has 1 heterocycles. The molecule has 2 aromatic rings. The third-order valence-corrected chi connectivity index (χ3v) is 4.97. The van der Waals surface area contributed by atoms with E-state index in [0.29, 0.717) is 16.8 Å². The van der Waals surface area contributed by atoms with Gasteiger partial charge in [-0.1, -0.05) is 36.4 Å². The van der Waals surface area contributed by atoms with Crippen LogP contribution in [0, 0.1) is 22.7 Å². The lowest BCUT2D eigenvalue weighted by Gasteiger charge is -2.34. The highest BCUT2D eigenvalue weighted by Gasteiger charge is 2.16. The van der Waals surface area contributed by atoms with Crippen molar-refractivity contribution in [3.05, 3.63) is 65.2 Å². The second kappa shape index (κ2) is 9.73. The maximum Gasteiger partial charge on any atom is 0.101 e. The summed E-state index contributed by atoms with van der Waals surface area (Å²) in [6.45, 7) is 7.19. The molecular formula is C22H25N5. The molecule has 27 heavy (non-hydrogen) atoms. The minimum Gasteiger partial charge on any atom is -0.383 e. The topological polar surface area (TPSA) is 66.1 Å². The van der Waals surface area contributed by atoms with Crippen LogP contribution in [0.5, 0.6) is 0 Å². The van der Waals surface area contributed by atoms with Gasteiger partial charge in [-0.15, -0.1) is 0 Å². The van der Waals surface area contributed by atoms with E-state index >= 15 is 0 Å². The lowest BCUT2D eigenvalue weighted by Crippen LogP contribution is -2.46. The van der Waals surface area contributed by atoms with Crippen molar-refractivity contribution in [2.45, 2.75) is 13.0 Å². The molecule has 1 aliphatic heterocycles. The van der Waals surface area contributed by atoms with Gasteiger partial charge in [0.25, 0.3) is 0 Å². The van der Waals surface area contributed by atoms with Gasteiger partial charge in [-0.05, 0) is 30.7 Å². The SMILES string of the molecule is N#Cc1cccc(C#N)c1NCCCN1CCN(Cc2ccccc2)CC1. The smallest absolute Gasteiger partial charge is 0.101 e.